The Balaban J connectivity index is 1.66. The van der Waals surface area contributed by atoms with Gasteiger partial charge in [0.1, 0.15) is 12.2 Å². The SMILES string of the molecule is CC(c1ccccc1)C(Cl)OCCOC(=O)Nc1ccccc1. The molecule has 0 saturated carbocycles. The van der Waals surface area contributed by atoms with Gasteiger partial charge in [-0.1, -0.05) is 67.1 Å². The number of carbonyl (C=O) groups excluding carboxylic acids is 1. The molecule has 0 fully saturated rings. The first kappa shape index (κ1) is 17.3. The number of hydrogen-bond donors (Lipinski definition) is 1. The van der Waals surface area contributed by atoms with E-state index in [4.69, 9.17) is 21.1 Å². The van der Waals surface area contributed by atoms with E-state index < -0.39 is 11.7 Å². The molecule has 2 aromatic carbocycles. The zero-order valence-electron chi connectivity index (χ0n) is 12.9. The Morgan fingerprint density at radius 2 is 1.65 bits per heavy atom. The molecule has 0 aliphatic heterocycles. The topological polar surface area (TPSA) is 47.6 Å². The van der Waals surface area contributed by atoms with Crippen LogP contribution >= 0.6 is 11.6 Å². The van der Waals surface area contributed by atoms with Crippen molar-refractivity contribution in [2.24, 2.45) is 0 Å². The first-order valence-electron chi connectivity index (χ1n) is 7.46. The summed E-state index contributed by atoms with van der Waals surface area (Å²) in [6.45, 7) is 2.38. The molecule has 0 radical (unpaired) electrons. The Morgan fingerprint density at radius 3 is 2.30 bits per heavy atom. The Kier molecular flexibility index (Phi) is 6.91. The largest absolute Gasteiger partial charge is 0.447 e. The van der Waals surface area contributed by atoms with Crippen molar-refractivity contribution in [2.75, 3.05) is 18.5 Å². The number of halogens is 1. The van der Waals surface area contributed by atoms with Crippen molar-refractivity contribution in [3.8, 4) is 0 Å². The molecular weight excluding hydrogens is 314 g/mol. The van der Waals surface area contributed by atoms with E-state index in [-0.39, 0.29) is 19.1 Å². The highest BCUT2D eigenvalue weighted by Gasteiger charge is 2.16. The molecule has 2 aromatic rings. The molecule has 0 aromatic heterocycles. The summed E-state index contributed by atoms with van der Waals surface area (Å²) in [4.78, 5) is 11.6. The molecule has 5 heteroatoms. The maximum atomic E-state index is 11.6. The Bertz CT molecular complexity index is 592. The third-order valence-electron chi connectivity index (χ3n) is 3.33. The predicted molar refractivity (Wildman–Crippen MR) is 91.9 cm³/mol. The highest BCUT2D eigenvalue weighted by Crippen LogP contribution is 2.23. The van der Waals surface area contributed by atoms with E-state index in [2.05, 4.69) is 5.32 Å². The molecule has 122 valence electrons. The van der Waals surface area contributed by atoms with Crippen molar-refractivity contribution in [3.63, 3.8) is 0 Å². The summed E-state index contributed by atoms with van der Waals surface area (Å²) in [5.41, 5.74) is 1.32. The minimum atomic E-state index is -0.512. The van der Waals surface area contributed by atoms with Gasteiger partial charge in [-0.05, 0) is 17.7 Å². The molecule has 0 spiro atoms. The zero-order valence-corrected chi connectivity index (χ0v) is 13.7. The number of anilines is 1. The molecule has 0 aliphatic carbocycles. The van der Waals surface area contributed by atoms with E-state index >= 15 is 0 Å². The molecule has 4 nitrogen and oxygen atoms in total. The fourth-order valence-corrected chi connectivity index (χ4v) is 2.26. The number of nitrogens with one attached hydrogen (secondary N) is 1. The molecule has 2 atom stereocenters. The van der Waals surface area contributed by atoms with Crippen LogP contribution in [0.5, 0.6) is 0 Å². The van der Waals surface area contributed by atoms with Crippen LogP contribution in [0.4, 0.5) is 10.5 Å². The Hall–Kier alpha value is -2.04. The Labute approximate surface area is 141 Å². The molecule has 0 heterocycles. The summed E-state index contributed by atoms with van der Waals surface area (Å²) in [6, 6.07) is 19.0. The second-order valence-electron chi connectivity index (χ2n) is 5.05. The number of amides is 1. The third-order valence-corrected chi connectivity index (χ3v) is 3.84. The molecule has 0 bridgehead atoms. The fraction of sp³-hybridized carbons (Fsp3) is 0.278. The maximum Gasteiger partial charge on any atom is 0.411 e. The van der Waals surface area contributed by atoms with Crippen molar-refractivity contribution in [3.05, 3.63) is 66.2 Å². The summed E-state index contributed by atoms with van der Waals surface area (Å²) < 4.78 is 10.6. The second kappa shape index (κ2) is 9.18. The van der Waals surface area contributed by atoms with Gasteiger partial charge in [-0.3, -0.25) is 5.32 Å². The molecule has 23 heavy (non-hydrogen) atoms. The average Bonchev–Trinajstić information content (AvgIpc) is 2.59. The quantitative estimate of drug-likeness (QED) is 0.594. The van der Waals surface area contributed by atoms with Crippen LogP contribution in [0, 0.1) is 0 Å². The Morgan fingerprint density at radius 1 is 1.04 bits per heavy atom. The van der Waals surface area contributed by atoms with Crippen LogP contribution in [-0.4, -0.2) is 24.9 Å². The normalized spacial score (nSPS) is 13.1. The van der Waals surface area contributed by atoms with Crippen LogP contribution in [0.15, 0.2) is 60.7 Å². The van der Waals surface area contributed by atoms with Gasteiger partial charge in [0.2, 0.25) is 0 Å². The lowest BCUT2D eigenvalue weighted by Gasteiger charge is -2.19. The predicted octanol–water partition coefficient (Wildman–Crippen LogP) is 4.62. The van der Waals surface area contributed by atoms with Gasteiger partial charge in [-0.25, -0.2) is 4.79 Å². The van der Waals surface area contributed by atoms with E-state index in [0.717, 1.165) is 5.56 Å². The number of para-hydroxylation sites is 1. The van der Waals surface area contributed by atoms with Crippen LogP contribution in [-0.2, 0) is 9.47 Å². The van der Waals surface area contributed by atoms with Gasteiger partial charge in [0, 0.05) is 11.6 Å². The highest BCUT2D eigenvalue weighted by atomic mass is 35.5. The molecule has 0 saturated heterocycles. The molecule has 1 amide bonds. The lowest BCUT2D eigenvalue weighted by atomic mass is 10.0. The van der Waals surface area contributed by atoms with Crippen LogP contribution in [0.1, 0.15) is 18.4 Å². The number of rotatable bonds is 7. The van der Waals surface area contributed by atoms with Gasteiger partial charge in [-0.15, -0.1) is 0 Å². The summed E-state index contributed by atoms with van der Waals surface area (Å²) in [7, 11) is 0. The third kappa shape index (κ3) is 5.93. The van der Waals surface area contributed by atoms with Gasteiger partial charge in [0.25, 0.3) is 0 Å². The van der Waals surface area contributed by atoms with E-state index in [9.17, 15) is 4.79 Å². The van der Waals surface area contributed by atoms with E-state index in [1.807, 2.05) is 55.5 Å². The molecule has 1 N–H and O–H groups in total. The minimum Gasteiger partial charge on any atom is -0.447 e. The second-order valence-corrected chi connectivity index (χ2v) is 5.48. The van der Waals surface area contributed by atoms with E-state index in [1.165, 1.54) is 0 Å². The highest BCUT2D eigenvalue weighted by molar-refractivity contribution is 6.20. The van der Waals surface area contributed by atoms with E-state index in [0.29, 0.717) is 5.69 Å². The van der Waals surface area contributed by atoms with Crippen molar-refractivity contribution in [1.82, 2.24) is 0 Å². The van der Waals surface area contributed by atoms with E-state index in [1.54, 1.807) is 12.1 Å². The van der Waals surface area contributed by atoms with Crippen molar-refractivity contribution in [1.29, 1.82) is 0 Å². The summed E-state index contributed by atoms with van der Waals surface area (Å²) in [5.74, 6) is 0.0519. The molecule has 2 unspecified atom stereocenters. The van der Waals surface area contributed by atoms with Crippen LogP contribution < -0.4 is 5.32 Å². The average molecular weight is 334 g/mol. The van der Waals surface area contributed by atoms with Crippen molar-refractivity contribution in [2.45, 2.75) is 18.4 Å². The number of carbonyl (C=O) groups is 1. The minimum absolute atomic E-state index is 0.0519. The van der Waals surface area contributed by atoms with Gasteiger partial charge < -0.3 is 9.47 Å². The van der Waals surface area contributed by atoms with Gasteiger partial charge >= 0.3 is 6.09 Å². The monoisotopic (exact) mass is 333 g/mol. The van der Waals surface area contributed by atoms with Crippen LogP contribution in [0.25, 0.3) is 0 Å². The lowest BCUT2D eigenvalue weighted by Crippen LogP contribution is -2.20. The number of alkyl halides is 1. The van der Waals surface area contributed by atoms with Crippen LogP contribution in [0.3, 0.4) is 0 Å². The summed E-state index contributed by atoms with van der Waals surface area (Å²) >= 11 is 6.23. The number of ether oxygens (including phenoxy) is 2. The van der Waals surface area contributed by atoms with Crippen molar-refractivity contribution >= 4 is 23.4 Å². The zero-order chi connectivity index (χ0) is 16.5. The maximum absolute atomic E-state index is 11.6. The summed E-state index contributed by atoms with van der Waals surface area (Å²) in [6.07, 6.45) is -0.512. The number of hydrogen-bond acceptors (Lipinski definition) is 3. The molecule has 2 rings (SSSR count). The number of benzene rings is 2. The molecular formula is C18H20ClNO3. The fourth-order valence-electron chi connectivity index (χ4n) is 2.02. The van der Waals surface area contributed by atoms with Gasteiger partial charge in [-0.2, -0.15) is 0 Å². The lowest BCUT2D eigenvalue weighted by molar-refractivity contribution is 0.0531. The first-order valence-corrected chi connectivity index (χ1v) is 7.90. The standard InChI is InChI=1S/C18H20ClNO3/c1-14(15-8-4-2-5-9-15)17(19)22-12-13-23-18(21)20-16-10-6-3-7-11-16/h2-11,14,17H,12-13H2,1H3,(H,20,21). The first-order chi connectivity index (χ1) is 11.2. The van der Waals surface area contributed by atoms with Gasteiger partial charge in [0.05, 0.1) is 6.61 Å². The summed E-state index contributed by atoms with van der Waals surface area (Å²) in [5, 5.41) is 2.63. The van der Waals surface area contributed by atoms with Crippen LogP contribution in [0.2, 0.25) is 0 Å². The van der Waals surface area contributed by atoms with Crippen molar-refractivity contribution < 1.29 is 14.3 Å². The van der Waals surface area contributed by atoms with Gasteiger partial charge in [0.15, 0.2) is 0 Å². The molecule has 0 aliphatic rings. The smallest absolute Gasteiger partial charge is 0.411 e.